The number of aryl methyl sites for hydroxylation is 1. The quantitative estimate of drug-likeness (QED) is 0.261. The third-order valence-electron chi connectivity index (χ3n) is 5.28. The Balaban J connectivity index is 1.38. The fourth-order valence-corrected chi connectivity index (χ4v) is 7.20. The topological polar surface area (TPSA) is 30.7 Å². The van der Waals surface area contributed by atoms with Crippen molar-refractivity contribution in [3.05, 3.63) is 44.8 Å². The number of aromatic nitrogens is 3. The largest absolute Gasteiger partial charge is 0.305 e. The van der Waals surface area contributed by atoms with E-state index in [9.17, 15) is 0 Å². The van der Waals surface area contributed by atoms with Crippen molar-refractivity contribution in [1.29, 1.82) is 0 Å². The number of rotatable bonds is 7. The summed E-state index contributed by atoms with van der Waals surface area (Å²) in [5.74, 6) is 3.67. The number of halogens is 2. The lowest BCUT2D eigenvalue weighted by Crippen LogP contribution is -2.10. The lowest BCUT2D eigenvalue weighted by Gasteiger charge is -2.19. The Hall–Kier alpha value is -0.660. The molecule has 0 bridgehead atoms. The summed E-state index contributed by atoms with van der Waals surface area (Å²) in [5.41, 5.74) is 1.52. The first-order valence-corrected chi connectivity index (χ1v) is 13.3. The average molecular weight is 485 g/mol. The summed E-state index contributed by atoms with van der Waals surface area (Å²) in [6.45, 7) is 2.30. The van der Waals surface area contributed by atoms with E-state index in [4.69, 9.17) is 23.2 Å². The highest BCUT2D eigenvalue weighted by Gasteiger charge is 2.22. The first kappa shape index (κ1) is 21.6. The molecular weight excluding hydrogens is 461 g/mol. The molecule has 8 heteroatoms. The molecule has 0 radical (unpaired) electrons. The minimum Gasteiger partial charge on any atom is -0.305 e. The van der Waals surface area contributed by atoms with Crippen molar-refractivity contribution in [3.8, 4) is 10.7 Å². The number of nitrogens with zero attached hydrogens (tertiary/aromatic N) is 3. The van der Waals surface area contributed by atoms with E-state index in [1.54, 1.807) is 23.5 Å². The zero-order chi connectivity index (χ0) is 20.4. The van der Waals surface area contributed by atoms with E-state index < -0.39 is 0 Å². The zero-order valence-corrected chi connectivity index (χ0v) is 20.4. The van der Waals surface area contributed by atoms with Gasteiger partial charge in [-0.15, -0.1) is 33.3 Å². The van der Waals surface area contributed by atoms with E-state index >= 15 is 0 Å². The molecule has 1 aliphatic carbocycles. The molecule has 3 nitrogen and oxygen atoms in total. The van der Waals surface area contributed by atoms with E-state index in [-0.39, 0.29) is 0 Å². The van der Waals surface area contributed by atoms with Gasteiger partial charge in [-0.25, -0.2) is 0 Å². The molecule has 0 N–H and O–H groups in total. The van der Waals surface area contributed by atoms with Crippen LogP contribution in [0.5, 0.6) is 0 Å². The van der Waals surface area contributed by atoms with Crippen LogP contribution in [0.1, 0.15) is 30.2 Å². The first-order chi connectivity index (χ1) is 14.0. The molecule has 0 saturated carbocycles. The maximum Gasteiger partial charge on any atom is 0.191 e. The SMILES string of the molecule is CCC1CCc2sc(-c3nnc(SCCSc4cc(Cl)ccc4Cl)n3C)cc2C1. The normalized spacial score (nSPS) is 16.2. The Morgan fingerprint density at radius 3 is 2.83 bits per heavy atom. The maximum absolute atomic E-state index is 6.24. The summed E-state index contributed by atoms with van der Waals surface area (Å²) < 4.78 is 2.12. The summed E-state index contributed by atoms with van der Waals surface area (Å²) in [6, 6.07) is 7.92. The first-order valence-electron chi connectivity index (χ1n) is 9.77. The summed E-state index contributed by atoms with van der Waals surface area (Å²) >= 11 is 17.6. The van der Waals surface area contributed by atoms with Crippen LogP contribution in [-0.4, -0.2) is 26.3 Å². The highest BCUT2D eigenvalue weighted by Crippen LogP contribution is 2.38. The summed E-state index contributed by atoms with van der Waals surface area (Å²) in [7, 11) is 2.06. The van der Waals surface area contributed by atoms with Crippen molar-refractivity contribution in [2.45, 2.75) is 42.7 Å². The molecule has 3 aromatic rings. The zero-order valence-electron chi connectivity index (χ0n) is 16.5. The van der Waals surface area contributed by atoms with Gasteiger partial charge in [-0.05, 0) is 55.0 Å². The van der Waals surface area contributed by atoms with Crippen LogP contribution in [0.2, 0.25) is 10.0 Å². The molecule has 0 aliphatic heterocycles. The van der Waals surface area contributed by atoms with Gasteiger partial charge in [0.05, 0.1) is 9.90 Å². The second-order valence-electron chi connectivity index (χ2n) is 7.21. The second-order valence-corrected chi connectivity index (χ2v) is 11.4. The summed E-state index contributed by atoms with van der Waals surface area (Å²) in [5, 5.41) is 11.3. The van der Waals surface area contributed by atoms with Crippen molar-refractivity contribution in [3.63, 3.8) is 0 Å². The van der Waals surface area contributed by atoms with E-state index in [0.717, 1.165) is 38.3 Å². The van der Waals surface area contributed by atoms with Crippen molar-refractivity contribution < 1.29 is 0 Å². The van der Waals surface area contributed by atoms with Crippen LogP contribution in [0.4, 0.5) is 0 Å². The third-order valence-corrected chi connectivity index (χ3v) is 9.53. The Morgan fingerprint density at radius 2 is 2.00 bits per heavy atom. The molecule has 0 amide bonds. The van der Waals surface area contributed by atoms with E-state index in [1.807, 2.05) is 29.5 Å². The number of hydrogen-bond donors (Lipinski definition) is 0. The Labute approximate surface area is 194 Å². The number of benzene rings is 1. The smallest absolute Gasteiger partial charge is 0.191 e. The Kier molecular flexibility index (Phi) is 7.18. The molecule has 1 unspecified atom stereocenters. The van der Waals surface area contributed by atoms with Crippen LogP contribution in [0, 0.1) is 5.92 Å². The molecule has 2 aromatic heterocycles. The number of thiophene rings is 1. The lowest BCUT2D eigenvalue weighted by molar-refractivity contribution is 0.449. The van der Waals surface area contributed by atoms with E-state index in [1.165, 1.54) is 41.0 Å². The molecule has 4 rings (SSSR count). The fourth-order valence-electron chi connectivity index (χ4n) is 3.59. The monoisotopic (exact) mass is 483 g/mol. The fraction of sp³-hybridized carbons (Fsp3) is 0.429. The van der Waals surface area contributed by atoms with Crippen LogP contribution in [0.15, 0.2) is 34.3 Å². The summed E-state index contributed by atoms with van der Waals surface area (Å²) in [4.78, 5) is 3.80. The minimum atomic E-state index is 0.714. The van der Waals surface area contributed by atoms with E-state index in [0.29, 0.717) is 5.02 Å². The average Bonchev–Trinajstić information content (AvgIpc) is 3.30. The van der Waals surface area contributed by atoms with Gasteiger partial charge in [-0.1, -0.05) is 48.3 Å². The standard InChI is InChI=1S/C21H23Cl2N3S3/c1-3-13-4-7-17-14(10-13)11-19(29-17)20-24-25-21(26(20)2)28-9-8-27-18-12-15(22)5-6-16(18)23/h5-6,11-13H,3-4,7-10H2,1-2H3. The van der Waals surface area contributed by atoms with Gasteiger partial charge < -0.3 is 4.57 Å². The van der Waals surface area contributed by atoms with Crippen molar-refractivity contribution >= 4 is 58.1 Å². The second kappa shape index (κ2) is 9.65. The molecule has 0 fully saturated rings. The van der Waals surface area contributed by atoms with Crippen molar-refractivity contribution in [2.75, 3.05) is 11.5 Å². The Bertz CT molecular complexity index is 999. The van der Waals surface area contributed by atoms with Gasteiger partial charge in [0.25, 0.3) is 0 Å². The van der Waals surface area contributed by atoms with Crippen LogP contribution >= 0.6 is 58.1 Å². The van der Waals surface area contributed by atoms with Gasteiger partial charge in [-0.2, -0.15) is 0 Å². The molecule has 0 spiro atoms. The van der Waals surface area contributed by atoms with Crippen molar-refractivity contribution in [1.82, 2.24) is 14.8 Å². The highest BCUT2D eigenvalue weighted by molar-refractivity contribution is 8.03. The minimum absolute atomic E-state index is 0.714. The van der Waals surface area contributed by atoms with E-state index in [2.05, 4.69) is 34.8 Å². The predicted molar refractivity (Wildman–Crippen MR) is 128 cm³/mol. The highest BCUT2D eigenvalue weighted by atomic mass is 35.5. The van der Waals surface area contributed by atoms with Crippen LogP contribution in [0.25, 0.3) is 10.7 Å². The number of thioether (sulfide) groups is 2. The molecule has 2 heterocycles. The number of hydrogen-bond acceptors (Lipinski definition) is 5. The lowest BCUT2D eigenvalue weighted by atomic mass is 9.87. The Morgan fingerprint density at radius 1 is 1.17 bits per heavy atom. The molecule has 154 valence electrons. The van der Waals surface area contributed by atoms with Gasteiger partial charge in [0.2, 0.25) is 0 Å². The molecule has 1 atom stereocenters. The number of fused-ring (bicyclic) bond motifs is 1. The molecule has 1 aliphatic rings. The van der Waals surface area contributed by atoms with Gasteiger partial charge in [0.1, 0.15) is 0 Å². The molecule has 1 aromatic carbocycles. The predicted octanol–water partition coefficient (Wildman–Crippen LogP) is 7.25. The van der Waals surface area contributed by atoms with Gasteiger partial charge in [-0.3, -0.25) is 0 Å². The molecule has 29 heavy (non-hydrogen) atoms. The maximum atomic E-state index is 6.24. The van der Waals surface area contributed by atoms with Gasteiger partial charge in [0, 0.05) is 33.3 Å². The van der Waals surface area contributed by atoms with Gasteiger partial charge >= 0.3 is 0 Å². The molecular formula is C21H23Cl2N3S3. The van der Waals surface area contributed by atoms with Crippen LogP contribution in [-0.2, 0) is 19.9 Å². The molecule has 0 saturated heterocycles. The summed E-state index contributed by atoms with van der Waals surface area (Å²) in [6.07, 6.45) is 5.01. The van der Waals surface area contributed by atoms with Crippen LogP contribution in [0.3, 0.4) is 0 Å². The van der Waals surface area contributed by atoms with Crippen molar-refractivity contribution in [2.24, 2.45) is 13.0 Å². The third kappa shape index (κ3) is 4.99. The van der Waals surface area contributed by atoms with Gasteiger partial charge in [0.15, 0.2) is 11.0 Å². The van der Waals surface area contributed by atoms with Crippen LogP contribution < -0.4 is 0 Å².